The van der Waals surface area contributed by atoms with E-state index in [-0.39, 0.29) is 36.8 Å². The monoisotopic (exact) mass is 612 g/mol. The highest BCUT2D eigenvalue weighted by Crippen LogP contribution is 2.36. The topological polar surface area (TPSA) is 210 Å². The van der Waals surface area contributed by atoms with Gasteiger partial charge in [-0.05, 0) is 20.8 Å². The van der Waals surface area contributed by atoms with E-state index in [1.165, 1.54) is 21.1 Å². The van der Waals surface area contributed by atoms with Crippen molar-refractivity contribution in [1.29, 1.82) is 0 Å². The van der Waals surface area contributed by atoms with Gasteiger partial charge in [-0.15, -0.1) is 15.0 Å². The van der Waals surface area contributed by atoms with Crippen LogP contribution in [0.2, 0.25) is 0 Å². The van der Waals surface area contributed by atoms with Crippen LogP contribution < -0.4 is 9.47 Å². The third-order valence-electron chi connectivity index (χ3n) is 5.89. The summed E-state index contributed by atoms with van der Waals surface area (Å²) in [6.07, 6.45) is -5.43. The number of ether oxygens (including phenoxy) is 7. The highest BCUT2D eigenvalue weighted by atomic mass is 16.9. The van der Waals surface area contributed by atoms with Crippen molar-refractivity contribution in [3.05, 3.63) is 39.2 Å². The highest BCUT2D eigenvalue weighted by molar-refractivity contribution is 6.11. The summed E-state index contributed by atoms with van der Waals surface area (Å²) < 4.78 is 37.0. The zero-order valence-corrected chi connectivity index (χ0v) is 25.1. The molecule has 17 nitrogen and oxygen atoms in total. The molecule has 0 fully saturated rings. The lowest BCUT2D eigenvalue weighted by Crippen LogP contribution is -2.41. The van der Waals surface area contributed by atoms with Crippen molar-refractivity contribution in [3.8, 4) is 11.5 Å². The van der Waals surface area contributed by atoms with Crippen LogP contribution in [0.1, 0.15) is 82.0 Å². The van der Waals surface area contributed by atoms with E-state index in [0.29, 0.717) is 0 Å². The molecule has 1 N–H and O–H groups in total. The minimum Gasteiger partial charge on any atom is -0.493 e. The normalized spacial score (nSPS) is 12.8. The van der Waals surface area contributed by atoms with Crippen LogP contribution in [-0.2, 0) is 23.7 Å². The first-order valence-electron chi connectivity index (χ1n) is 13.3. The maximum Gasteiger partial charge on any atom is 0.514 e. The van der Waals surface area contributed by atoms with Crippen molar-refractivity contribution in [3.63, 3.8) is 0 Å². The van der Waals surface area contributed by atoms with E-state index in [4.69, 9.17) is 33.2 Å². The molecule has 0 aliphatic heterocycles. The van der Waals surface area contributed by atoms with E-state index in [1.54, 1.807) is 34.6 Å². The molecule has 1 aromatic carbocycles. The average Bonchev–Trinajstić information content (AvgIpc) is 3.39. The van der Waals surface area contributed by atoms with E-state index in [0.717, 1.165) is 16.9 Å². The molecule has 2 aromatic rings. The summed E-state index contributed by atoms with van der Waals surface area (Å²) in [5, 5.41) is 29.4. The number of carboxylic acid groups (broad SMARTS) is 1. The summed E-state index contributed by atoms with van der Waals surface area (Å²) in [6, 6.07) is 2.09. The Bertz CT molecular complexity index is 1300. The smallest absolute Gasteiger partial charge is 0.493 e. The van der Waals surface area contributed by atoms with Gasteiger partial charge in [-0.2, -0.15) is 0 Å². The number of ketones is 1. The van der Waals surface area contributed by atoms with Crippen molar-refractivity contribution in [2.45, 2.75) is 66.3 Å². The summed E-state index contributed by atoms with van der Waals surface area (Å²) in [5.41, 5.74) is -1.90. The Balaban J connectivity index is 2.64. The van der Waals surface area contributed by atoms with Crippen LogP contribution in [0, 0.1) is 16.0 Å². The fraction of sp³-hybridized carbons (Fsp3) is 0.577. The number of hydrogen-bond donors (Lipinski definition) is 1. The quantitative estimate of drug-likeness (QED) is 0.0900. The van der Waals surface area contributed by atoms with Crippen LogP contribution >= 0.6 is 0 Å². The first-order valence-corrected chi connectivity index (χ1v) is 13.3. The number of nitrogens with zero attached hydrogens (tertiary/aromatic N) is 4. The zero-order chi connectivity index (χ0) is 32.5. The molecule has 2 atom stereocenters. The lowest BCUT2D eigenvalue weighted by Gasteiger charge is -2.31. The zero-order valence-electron chi connectivity index (χ0n) is 25.1. The first kappa shape index (κ1) is 34.7. The molecule has 43 heavy (non-hydrogen) atoms. The van der Waals surface area contributed by atoms with Crippen molar-refractivity contribution in [2.24, 2.45) is 5.92 Å². The first-order chi connectivity index (χ1) is 20.3. The van der Waals surface area contributed by atoms with Gasteiger partial charge in [0.2, 0.25) is 12.0 Å². The van der Waals surface area contributed by atoms with Crippen LogP contribution in [0.3, 0.4) is 0 Å². The minimum absolute atomic E-state index is 0.00810. The van der Waals surface area contributed by atoms with Crippen molar-refractivity contribution in [1.82, 2.24) is 15.0 Å². The number of nitro groups is 1. The fourth-order valence-corrected chi connectivity index (χ4v) is 3.94. The summed E-state index contributed by atoms with van der Waals surface area (Å²) in [5.74, 6) is -3.27. The number of benzene rings is 1. The Hall–Kier alpha value is -4.51. The van der Waals surface area contributed by atoms with Crippen LogP contribution in [0.4, 0.5) is 15.3 Å². The lowest BCUT2D eigenvalue weighted by atomic mass is 10.0. The van der Waals surface area contributed by atoms with Crippen LogP contribution in [0.5, 0.6) is 11.5 Å². The second kappa shape index (κ2) is 15.1. The predicted molar refractivity (Wildman–Crippen MR) is 145 cm³/mol. The second-order valence-corrected chi connectivity index (χ2v) is 9.10. The SMILES string of the molecule is CCOC(CC)(OCC)OC(=O)OC(C(C)C)n1nc(C(=O)c2cc(OC)c(OC)cc2[N+](=O)[O-])c(C(C)OC(=O)O)n1. The molecule has 0 radical (unpaired) electrons. The Labute approximate surface area is 247 Å². The van der Waals surface area contributed by atoms with Crippen molar-refractivity contribution in [2.75, 3.05) is 27.4 Å². The van der Waals surface area contributed by atoms with Crippen molar-refractivity contribution >= 4 is 23.8 Å². The summed E-state index contributed by atoms with van der Waals surface area (Å²) in [6.45, 7) is 9.95. The van der Waals surface area contributed by atoms with Gasteiger partial charge in [-0.3, -0.25) is 14.9 Å². The highest BCUT2D eigenvalue weighted by Gasteiger charge is 2.38. The van der Waals surface area contributed by atoms with E-state index in [2.05, 4.69) is 10.2 Å². The number of carbonyl (C=O) groups excluding carboxylic acids is 2. The molecule has 2 unspecified atom stereocenters. The molecular formula is C26H36N4O13. The average molecular weight is 613 g/mol. The number of hydrogen-bond acceptors (Lipinski definition) is 14. The Morgan fingerprint density at radius 2 is 1.58 bits per heavy atom. The Morgan fingerprint density at radius 3 is 2.05 bits per heavy atom. The summed E-state index contributed by atoms with van der Waals surface area (Å²) in [4.78, 5) is 49.9. The summed E-state index contributed by atoms with van der Waals surface area (Å²) in [7, 11) is 2.54. The van der Waals surface area contributed by atoms with E-state index >= 15 is 0 Å². The predicted octanol–water partition coefficient (Wildman–Crippen LogP) is 4.63. The molecule has 238 valence electrons. The number of methoxy groups -OCH3 is 2. The largest absolute Gasteiger partial charge is 0.514 e. The van der Waals surface area contributed by atoms with E-state index < -0.39 is 64.2 Å². The Morgan fingerprint density at radius 1 is 1.00 bits per heavy atom. The number of aromatic nitrogens is 3. The summed E-state index contributed by atoms with van der Waals surface area (Å²) >= 11 is 0. The number of rotatable bonds is 16. The molecule has 17 heteroatoms. The molecule has 0 saturated heterocycles. The molecule has 0 spiro atoms. The van der Waals surface area contributed by atoms with E-state index in [1.807, 2.05) is 0 Å². The molecule has 1 heterocycles. The third-order valence-corrected chi connectivity index (χ3v) is 5.89. The van der Waals surface area contributed by atoms with Crippen LogP contribution in [0.15, 0.2) is 12.1 Å². The molecular weight excluding hydrogens is 576 g/mol. The van der Waals surface area contributed by atoms with Crippen LogP contribution in [0.25, 0.3) is 0 Å². The van der Waals surface area contributed by atoms with E-state index in [9.17, 15) is 29.6 Å². The molecule has 1 aromatic heterocycles. The standard InChI is InChI=1S/C26H36N4O13/c1-9-26(39-10-2,40-11-3)43-25(34)42-23(14(4)5)29-27-20(15(6)41-24(32)33)21(28-29)22(31)16-12-18(37-7)19(38-8)13-17(16)30(35)36/h12-15,23H,9-11H2,1-8H3,(H,32,33). The molecule has 0 aliphatic rings. The van der Waals surface area contributed by atoms with Gasteiger partial charge in [0.1, 0.15) is 17.4 Å². The van der Waals surface area contributed by atoms with Gasteiger partial charge in [0.25, 0.3) is 5.69 Å². The molecule has 0 aliphatic carbocycles. The maximum absolute atomic E-state index is 13.8. The molecule has 2 rings (SSSR count). The second-order valence-electron chi connectivity index (χ2n) is 9.10. The van der Waals surface area contributed by atoms with Gasteiger partial charge in [0.15, 0.2) is 17.2 Å². The number of nitro benzene ring substituents is 1. The van der Waals surface area contributed by atoms with Gasteiger partial charge in [0.05, 0.1) is 38.4 Å². The lowest BCUT2D eigenvalue weighted by molar-refractivity contribution is -0.385. The van der Waals surface area contributed by atoms with Crippen molar-refractivity contribution < 1.29 is 57.6 Å². The van der Waals surface area contributed by atoms with Gasteiger partial charge < -0.3 is 38.3 Å². The molecule has 0 amide bonds. The number of carbonyl (C=O) groups is 3. The minimum atomic E-state index is -1.72. The van der Waals surface area contributed by atoms with Gasteiger partial charge in [-0.25, -0.2) is 9.59 Å². The molecule has 0 saturated carbocycles. The Kier molecular flexibility index (Phi) is 12.2. The third kappa shape index (κ3) is 8.29. The van der Waals surface area contributed by atoms with Gasteiger partial charge in [0, 0.05) is 18.4 Å². The van der Waals surface area contributed by atoms with Gasteiger partial charge in [-0.1, -0.05) is 20.8 Å². The van der Waals surface area contributed by atoms with Crippen LogP contribution in [-0.4, -0.2) is 76.5 Å². The molecule has 0 bridgehead atoms. The maximum atomic E-state index is 13.8. The fourth-order valence-electron chi connectivity index (χ4n) is 3.94. The van der Waals surface area contributed by atoms with Gasteiger partial charge >= 0.3 is 18.3 Å².